The summed E-state index contributed by atoms with van der Waals surface area (Å²) in [5.74, 6) is -0.932. The van der Waals surface area contributed by atoms with Crippen LogP contribution in [-0.2, 0) is 0 Å². The van der Waals surface area contributed by atoms with Gasteiger partial charge >= 0.3 is 5.97 Å². The number of hydrogen-bond acceptors (Lipinski definition) is 3. The predicted molar refractivity (Wildman–Crippen MR) is 49.8 cm³/mol. The summed E-state index contributed by atoms with van der Waals surface area (Å²) in [5.41, 5.74) is 7.97. The third-order valence-electron chi connectivity index (χ3n) is 2.24. The van der Waals surface area contributed by atoms with Crippen molar-refractivity contribution in [3.63, 3.8) is 0 Å². The lowest BCUT2D eigenvalue weighted by molar-refractivity contribution is 0.0697. The molecule has 0 atom stereocenters. The first-order valence-electron chi connectivity index (χ1n) is 3.91. The van der Waals surface area contributed by atoms with E-state index in [4.69, 9.17) is 10.8 Å². The number of carboxylic acids is 1. The molecule has 0 unspecified atom stereocenters. The van der Waals surface area contributed by atoms with Gasteiger partial charge in [0, 0.05) is 5.69 Å². The maximum atomic E-state index is 10.8. The van der Waals surface area contributed by atoms with E-state index >= 15 is 0 Å². The summed E-state index contributed by atoms with van der Waals surface area (Å²) in [6, 6.07) is 0. The Kier molecular flexibility index (Phi) is 2.23. The van der Waals surface area contributed by atoms with Gasteiger partial charge in [-0.25, -0.2) is 9.78 Å². The standard InChI is InChI=1S/C9H12N2O2/c1-4-5(2)7(9(12)13)8(10)11-6(4)3/h1-3H3,(H2,10,11)(H,12,13). The summed E-state index contributed by atoms with van der Waals surface area (Å²) in [7, 11) is 0. The summed E-state index contributed by atoms with van der Waals surface area (Å²) >= 11 is 0. The van der Waals surface area contributed by atoms with Crippen LogP contribution in [-0.4, -0.2) is 16.1 Å². The van der Waals surface area contributed by atoms with Crippen molar-refractivity contribution in [2.24, 2.45) is 0 Å². The highest BCUT2D eigenvalue weighted by atomic mass is 16.4. The molecule has 0 radical (unpaired) electrons. The fraction of sp³-hybridized carbons (Fsp3) is 0.333. The normalized spacial score (nSPS) is 10.1. The molecular formula is C9H12N2O2. The Bertz CT molecular complexity index is 372. The van der Waals surface area contributed by atoms with Gasteiger partial charge in [-0.1, -0.05) is 0 Å². The van der Waals surface area contributed by atoms with E-state index in [0.29, 0.717) is 5.56 Å². The maximum absolute atomic E-state index is 10.8. The highest BCUT2D eigenvalue weighted by Gasteiger charge is 2.15. The van der Waals surface area contributed by atoms with Crippen LogP contribution in [0.15, 0.2) is 0 Å². The number of aromatic nitrogens is 1. The van der Waals surface area contributed by atoms with Crippen LogP contribution in [0, 0.1) is 20.8 Å². The van der Waals surface area contributed by atoms with E-state index in [-0.39, 0.29) is 11.4 Å². The molecule has 0 aliphatic rings. The molecule has 0 fully saturated rings. The molecule has 1 rings (SSSR count). The van der Waals surface area contributed by atoms with Crippen LogP contribution >= 0.6 is 0 Å². The lowest BCUT2D eigenvalue weighted by atomic mass is 10.0. The largest absolute Gasteiger partial charge is 0.478 e. The molecule has 13 heavy (non-hydrogen) atoms. The van der Waals surface area contributed by atoms with E-state index in [2.05, 4.69) is 4.98 Å². The van der Waals surface area contributed by atoms with Gasteiger partial charge in [0.1, 0.15) is 11.4 Å². The van der Waals surface area contributed by atoms with Gasteiger partial charge in [0.05, 0.1) is 0 Å². The number of aromatic carboxylic acids is 1. The summed E-state index contributed by atoms with van der Waals surface area (Å²) in [4.78, 5) is 14.7. The molecule has 70 valence electrons. The summed E-state index contributed by atoms with van der Waals surface area (Å²) in [6.45, 7) is 5.39. The summed E-state index contributed by atoms with van der Waals surface area (Å²) in [6.07, 6.45) is 0. The molecule has 4 nitrogen and oxygen atoms in total. The second-order valence-corrected chi connectivity index (χ2v) is 3.01. The highest BCUT2D eigenvalue weighted by molar-refractivity contribution is 5.94. The van der Waals surface area contributed by atoms with E-state index in [1.165, 1.54) is 0 Å². The van der Waals surface area contributed by atoms with E-state index < -0.39 is 5.97 Å². The van der Waals surface area contributed by atoms with Crippen LogP contribution in [0.2, 0.25) is 0 Å². The molecule has 4 heteroatoms. The fourth-order valence-corrected chi connectivity index (χ4v) is 1.24. The Morgan fingerprint density at radius 3 is 2.31 bits per heavy atom. The zero-order valence-electron chi connectivity index (χ0n) is 7.88. The number of rotatable bonds is 1. The Balaban J connectivity index is 3.53. The van der Waals surface area contributed by atoms with Crippen LogP contribution in [0.1, 0.15) is 27.2 Å². The summed E-state index contributed by atoms with van der Waals surface area (Å²) < 4.78 is 0. The molecule has 3 N–H and O–H groups in total. The molecular weight excluding hydrogens is 168 g/mol. The van der Waals surface area contributed by atoms with Crippen molar-refractivity contribution in [1.29, 1.82) is 0 Å². The van der Waals surface area contributed by atoms with Gasteiger partial charge < -0.3 is 10.8 Å². The van der Waals surface area contributed by atoms with Crippen LogP contribution in [0.25, 0.3) is 0 Å². The maximum Gasteiger partial charge on any atom is 0.339 e. The predicted octanol–water partition coefficient (Wildman–Crippen LogP) is 1.29. The molecule has 1 heterocycles. The van der Waals surface area contributed by atoms with Crippen LogP contribution < -0.4 is 5.73 Å². The minimum absolute atomic E-state index is 0.0908. The van der Waals surface area contributed by atoms with E-state index in [0.717, 1.165) is 11.3 Å². The zero-order valence-corrected chi connectivity index (χ0v) is 7.88. The monoisotopic (exact) mass is 180 g/mol. The van der Waals surface area contributed by atoms with Crippen LogP contribution in [0.3, 0.4) is 0 Å². The van der Waals surface area contributed by atoms with E-state index in [9.17, 15) is 4.79 Å². The zero-order chi connectivity index (χ0) is 10.2. The molecule has 0 bridgehead atoms. The molecule has 1 aromatic rings. The minimum atomic E-state index is -1.02. The summed E-state index contributed by atoms with van der Waals surface area (Å²) in [5, 5.41) is 8.84. The minimum Gasteiger partial charge on any atom is -0.478 e. The highest BCUT2D eigenvalue weighted by Crippen LogP contribution is 2.20. The van der Waals surface area contributed by atoms with Gasteiger partial charge in [-0.3, -0.25) is 0 Å². The fourth-order valence-electron chi connectivity index (χ4n) is 1.24. The lowest BCUT2D eigenvalue weighted by Gasteiger charge is -2.09. The molecule has 0 amide bonds. The third kappa shape index (κ3) is 1.47. The van der Waals surface area contributed by atoms with Crippen molar-refractivity contribution < 1.29 is 9.90 Å². The van der Waals surface area contributed by atoms with Crippen LogP contribution in [0.5, 0.6) is 0 Å². The quantitative estimate of drug-likeness (QED) is 0.682. The van der Waals surface area contributed by atoms with Crippen molar-refractivity contribution in [1.82, 2.24) is 4.98 Å². The molecule has 1 aromatic heterocycles. The van der Waals surface area contributed by atoms with Crippen molar-refractivity contribution in [2.75, 3.05) is 5.73 Å². The van der Waals surface area contributed by atoms with Crippen molar-refractivity contribution in [3.05, 3.63) is 22.4 Å². The van der Waals surface area contributed by atoms with Gasteiger partial charge in [-0.05, 0) is 31.9 Å². The Hall–Kier alpha value is -1.58. The number of carbonyl (C=O) groups is 1. The topological polar surface area (TPSA) is 76.2 Å². The Morgan fingerprint density at radius 2 is 1.85 bits per heavy atom. The SMILES string of the molecule is Cc1nc(N)c(C(=O)O)c(C)c1C. The Labute approximate surface area is 76.4 Å². The van der Waals surface area contributed by atoms with E-state index in [1.54, 1.807) is 6.92 Å². The number of hydrogen-bond donors (Lipinski definition) is 2. The first-order chi connectivity index (χ1) is 5.95. The average Bonchev–Trinajstić information content (AvgIpc) is 1.99. The molecule has 0 aliphatic heterocycles. The number of anilines is 1. The number of pyridine rings is 1. The molecule has 0 saturated heterocycles. The van der Waals surface area contributed by atoms with Gasteiger partial charge in [0.2, 0.25) is 0 Å². The van der Waals surface area contributed by atoms with E-state index in [1.807, 2.05) is 13.8 Å². The van der Waals surface area contributed by atoms with Gasteiger partial charge in [-0.15, -0.1) is 0 Å². The number of carboxylic acid groups (broad SMARTS) is 1. The van der Waals surface area contributed by atoms with Gasteiger partial charge in [-0.2, -0.15) is 0 Å². The molecule has 0 aliphatic carbocycles. The van der Waals surface area contributed by atoms with Crippen molar-refractivity contribution in [2.45, 2.75) is 20.8 Å². The second kappa shape index (κ2) is 3.05. The Morgan fingerprint density at radius 1 is 1.31 bits per heavy atom. The number of aryl methyl sites for hydroxylation is 1. The van der Waals surface area contributed by atoms with Crippen LogP contribution in [0.4, 0.5) is 5.82 Å². The van der Waals surface area contributed by atoms with Gasteiger partial charge in [0.25, 0.3) is 0 Å². The molecule has 0 spiro atoms. The first kappa shape index (κ1) is 9.51. The lowest BCUT2D eigenvalue weighted by Crippen LogP contribution is -2.10. The van der Waals surface area contributed by atoms with Crippen molar-refractivity contribution in [3.8, 4) is 0 Å². The number of nitrogens with zero attached hydrogens (tertiary/aromatic N) is 1. The van der Waals surface area contributed by atoms with Crippen molar-refractivity contribution >= 4 is 11.8 Å². The molecule has 0 aromatic carbocycles. The van der Waals surface area contributed by atoms with Gasteiger partial charge in [0.15, 0.2) is 0 Å². The average molecular weight is 180 g/mol. The number of nitrogens with two attached hydrogens (primary N) is 1. The first-order valence-corrected chi connectivity index (χ1v) is 3.91. The third-order valence-corrected chi connectivity index (χ3v) is 2.24. The number of nitrogen functional groups attached to an aromatic ring is 1. The smallest absolute Gasteiger partial charge is 0.339 e. The second-order valence-electron chi connectivity index (χ2n) is 3.01. The molecule has 0 saturated carbocycles.